The van der Waals surface area contributed by atoms with Crippen LogP contribution in [-0.2, 0) is 16.1 Å². The lowest BCUT2D eigenvalue weighted by Gasteiger charge is -2.14. The molecule has 0 aliphatic carbocycles. The minimum Gasteiger partial charge on any atom is -0.469 e. The molecule has 176 valence electrons. The quantitative estimate of drug-likeness (QED) is 0.366. The molecule has 34 heavy (non-hydrogen) atoms. The van der Waals surface area contributed by atoms with Crippen molar-refractivity contribution < 1.29 is 22.8 Å². The number of benzene rings is 1. The zero-order chi connectivity index (χ0) is 24.1. The molecule has 1 unspecified atom stereocenters. The summed E-state index contributed by atoms with van der Waals surface area (Å²) in [6.07, 6.45) is 3.08. The summed E-state index contributed by atoms with van der Waals surface area (Å²) in [5.74, 6) is -1.21. The minimum absolute atomic E-state index is 0.0194. The second-order valence-electron chi connectivity index (χ2n) is 7.60. The van der Waals surface area contributed by atoms with E-state index in [0.717, 1.165) is 6.20 Å². The van der Waals surface area contributed by atoms with Gasteiger partial charge in [0.05, 0.1) is 25.5 Å². The number of carbonyl (C=O) groups is 1. The molecule has 0 saturated heterocycles. The van der Waals surface area contributed by atoms with Crippen LogP contribution < -0.4 is 5.32 Å². The fourth-order valence-electron chi connectivity index (χ4n) is 3.32. The van der Waals surface area contributed by atoms with Crippen LogP contribution in [0, 0.1) is 11.6 Å². The average Bonchev–Trinajstić information content (AvgIpc) is 3.50. The topological polar surface area (TPSA) is 108 Å². The van der Waals surface area contributed by atoms with Gasteiger partial charge in [-0.25, -0.2) is 18.7 Å². The Morgan fingerprint density at radius 1 is 1.21 bits per heavy atom. The predicted octanol–water partition coefficient (Wildman–Crippen LogP) is 4.08. The van der Waals surface area contributed by atoms with Crippen molar-refractivity contribution in [2.24, 2.45) is 0 Å². The summed E-state index contributed by atoms with van der Waals surface area (Å²) in [7, 11) is 1.31. The SMILES string of the molecule is COC(=O)CCC(C)Nc1nc(-c2cc(-c3ccon3)n(Cc3ccccc3F)n2)ncc1F. The molecule has 0 fully saturated rings. The Kier molecular flexibility index (Phi) is 6.90. The molecule has 0 aliphatic heterocycles. The summed E-state index contributed by atoms with van der Waals surface area (Å²) in [5.41, 5.74) is 1.83. The van der Waals surface area contributed by atoms with Gasteiger partial charge in [-0.15, -0.1) is 0 Å². The Balaban J connectivity index is 1.63. The van der Waals surface area contributed by atoms with Crippen molar-refractivity contribution in [3.8, 4) is 22.9 Å². The third-order valence-corrected chi connectivity index (χ3v) is 5.12. The average molecular weight is 468 g/mol. The molecule has 1 aromatic carbocycles. The molecular formula is C23H22F2N6O3. The number of methoxy groups -OCH3 is 1. The van der Waals surface area contributed by atoms with Crippen molar-refractivity contribution in [3.63, 3.8) is 0 Å². The standard InChI is InChI=1S/C23H22F2N6O3/c1-14(7-8-21(32)33-2)27-22-17(25)12-26-23(28-22)19-11-20(18-9-10-34-30-18)31(29-19)13-15-5-3-4-6-16(15)24/h3-6,9-12,14H,7-8,13H2,1-2H3,(H,26,27,28). The number of hydrogen-bond acceptors (Lipinski definition) is 8. The van der Waals surface area contributed by atoms with Crippen LogP contribution in [0.3, 0.4) is 0 Å². The first-order valence-electron chi connectivity index (χ1n) is 10.5. The number of carbonyl (C=O) groups excluding carboxylic acids is 1. The molecule has 4 aromatic rings. The zero-order valence-corrected chi connectivity index (χ0v) is 18.5. The lowest BCUT2D eigenvalue weighted by molar-refractivity contribution is -0.140. The first kappa shape index (κ1) is 23.0. The highest BCUT2D eigenvalue weighted by Gasteiger charge is 2.19. The summed E-state index contributed by atoms with van der Waals surface area (Å²) in [6, 6.07) is 9.46. The van der Waals surface area contributed by atoms with Gasteiger partial charge in [-0.05, 0) is 25.5 Å². The van der Waals surface area contributed by atoms with Crippen LogP contribution in [0.2, 0.25) is 0 Å². The van der Waals surface area contributed by atoms with E-state index >= 15 is 0 Å². The Morgan fingerprint density at radius 2 is 2.03 bits per heavy atom. The first-order valence-corrected chi connectivity index (χ1v) is 10.5. The number of hydrogen-bond donors (Lipinski definition) is 1. The van der Waals surface area contributed by atoms with Crippen molar-refractivity contribution in [2.75, 3.05) is 12.4 Å². The van der Waals surface area contributed by atoms with E-state index in [0.29, 0.717) is 29.1 Å². The van der Waals surface area contributed by atoms with Crippen molar-refractivity contribution in [3.05, 3.63) is 66.1 Å². The predicted molar refractivity (Wildman–Crippen MR) is 119 cm³/mol. The van der Waals surface area contributed by atoms with Gasteiger partial charge in [0.1, 0.15) is 23.5 Å². The van der Waals surface area contributed by atoms with Gasteiger partial charge in [-0.2, -0.15) is 5.10 Å². The third-order valence-electron chi connectivity index (χ3n) is 5.12. The number of ether oxygens (including phenoxy) is 1. The Labute approximate surface area is 193 Å². The highest BCUT2D eigenvalue weighted by atomic mass is 19.1. The Bertz CT molecular complexity index is 1280. The highest BCUT2D eigenvalue weighted by Crippen LogP contribution is 2.26. The van der Waals surface area contributed by atoms with Gasteiger partial charge in [-0.1, -0.05) is 23.4 Å². The number of aromatic nitrogens is 5. The molecule has 0 aliphatic rings. The van der Waals surface area contributed by atoms with Gasteiger partial charge < -0.3 is 14.6 Å². The maximum atomic E-state index is 14.4. The van der Waals surface area contributed by atoms with E-state index in [1.165, 1.54) is 19.4 Å². The molecule has 0 amide bonds. The van der Waals surface area contributed by atoms with Gasteiger partial charge in [-0.3, -0.25) is 9.48 Å². The van der Waals surface area contributed by atoms with Crippen molar-refractivity contribution in [1.29, 1.82) is 0 Å². The lowest BCUT2D eigenvalue weighted by atomic mass is 10.2. The molecule has 0 bridgehead atoms. The molecule has 1 atom stereocenters. The highest BCUT2D eigenvalue weighted by molar-refractivity contribution is 5.69. The van der Waals surface area contributed by atoms with Crippen LogP contribution in [0.15, 0.2) is 53.4 Å². The van der Waals surface area contributed by atoms with Gasteiger partial charge >= 0.3 is 5.97 Å². The van der Waals surface area contributed by atoms with Crippen molar-refractivity contribution in [2.45, 2.75) is 32.4 Å². The van der Waals surface area contributed by atoms with Crippen LogP contribution in [0.5, 0.6) is 0 Å². The van der Waals surface area contributed by atoms with E-state index in [9.17, 15) is 13.6 Å². The number of rotatable bonds is 9. The first-order chi connectivity index (χ1) is 16.4. The molecule has 0 saturated carbocycles. The molecule has 4 rings (SSSR count). The summed E-state index contributed by atoms with van der Waals surface area (Å²) in [5, 5.41) is 11.4. The summed E-state index contributed by atoms with van der Waals surface area (Å²) in [4.78, 5) is 19.7. The maximum Gasteiger partial charge on any atom is 0.305 e. The summed E-state index contributed by atoms with van der Waals surface area (Å²) in [6.45, 7) is 1.93. The number of halogens is 2. The van der Waals surface area contributed by atoms with Crippen molar-refractivity contribution >= 4 is 11.8 Å². The van der Waals surface area contributed by atoms with Gasteiger partial charge in [0.15, 0.2) is 17.5 Å². The molecule has 0 radical (unpaired) electrons. The van der Waals surface area contributed by atoms with E-state index in [1.54, 1.807) is 41.9 Å². The summed E-state index contributed by atoms with van der Waals surface area (Å²) >= 11 is 0. The second-order valence-corrected chi connectivity index (χ2v) is 7.60. The largest absolute Gasteiger partial charge is 0.469 e. The molecule has 3 heterocycles. The minimum atomic E-state index is -0.642. The van der Waals surface area contributed by atoms with Crippen LogP contribution in [-0.4, -0.2) is 44.0 Å². The molecule has 9 nitrogen and oxygen atoms in total. The van der Waals surface area contributed by atoms with Crippen LogP contribution in [0.25, 0.3) is 22.9 Å². The molecule has 1 N–H and O–H groups in total. The van der Waals surface area contributed by atoms with E-state index < -0.39 is 5.82 Å². The number of esters is 1. The maximum absolute atomic E-state index is 14.4. The third kappa shape index (κ3) is 5.25. The number of nitrogens with zero attached hydrogens (tertiary/aromatic N) is 5. The van der Waals surface area contributed by atoms with Gasteiger partial charge in [0.25, 0.3) is 0 Å². The van der Waals surface area contributed by atoms with E-state index in [2.05, 4.69) is 30.3 Å². The monoisotopic (exact) mass is 468 g/mol. The zero-order valence-electron chi connectivity index (χ0n) is 18.5. The van der Waals surface area contributed by atoms with Crippen LogP contribution in [0.4, 0.5) is 14.6 Å². The molecule has 3 aromatic heterocycles. The molecular weight excluding hydrogens is 446 g/mol. The van der Waals surface area contributed by atoms with Crippen LogP contribution >= 0.6 is 0 Å². The Hall–Kier alpha value is -4.15. The van der Waals surface area contributed by atoms with E-state index in [1.807, 2.05) is 0 Å². The lowest BCUT2D eigenvalue weighted by Crippen LogP contribution is -2.19. The number of anilines is 1. The van der Waals surface area contributed by atoms with Crippen LogP contribution in [0.1, 0.15) is 25.3 Å². The van der Waals surface area contributed by atoms with E-state index in [4.69, 9.17) is 4.52 Å². The molecule has 0 spiro atoms. The second kappa shape index (κ2) is 10.2. The van der Waals surface area contributed by atoms with E-state index in [-0.39, 0.29) is 42.4 Å². The fraction of sp³-hybridized carbons (Fsp3) is 0.261. The molecule has 11 heteroatoms. The fourth-order valence-corrected chi connectivity index (χ4v) is 3.32. The van der Waals surface area contributed by atoms with Gasteiger partial charge in [0.2, 0.25) is 0 Å². The smallest absolute Gasteiger partial charge is 0.305 e. The number of nitrogens with one attached hydrogen (secondary N) is 1. The van der Waals surface area contributed by atoms with Gasteiger partial charge in [0, 0.05) is 24.1 Å². The van der Waals surface area contributed by atoms with Crippen molar-refractivity contribution in [1.82, 2.24) is 24.9 Å². The Morgan fingerprint density at radius 3 is 2.76 bits per heavy atom. The summed E-state index contributed by atoms with van der Waals surface area (Å²) < 4.78 is 39.8. The normalized spacial score (nSPS) is 11.9.